The van der Waals surface area contributed by atoms with Crippen LogP contribution in [0.15, 0.2) is 0 Å². The van der Waals surface area contributed by atoms with E-state index < -0.39 is 28.7 Å². The minimum Gasteiger partial charge on any atom is -0.459 e. The third-order valence-corrected chi connectivity index (χ3v) is 12.8. The van der Waals surface area contributed by atoms with Gasteiger partial charge in [-0.3, -0.25) is 9.59 Å². The lowest BCUT2D eigenvalue weighted by Crippen LogP contribution is -2.66. The summed E-state index contributed by atoms with van der Waals surface area (Å²) in [6.45, 7) is 13.0. The van der Waals surface area contributed by atoms with E-state index in [-0.39, 0.29) is 53.0 Å². The van der Waals surface area contributed by atoms with Crippen LogP contribution in [0.2, 0.25) is 0 Å². The van der Waals surface area contributed by atoms with E-state index in [1.54, 1.807) is 0 Å². The number of fused-ring (bicyclic) bond motifs is 4. The minimum absolute atomic E-state index is 0.000881. The molecule has 1 N–H and O–H groups in total. The number of aliphatic hydroxyl groups is 1. The first-order chi connectivity index (χ1) is 17.7. The van der Waals surface area contributed by atoms with Gasteiger partial charge in [0.1, 0.15) is 22.9 Å². The van der Waals surface area contributed by atoms with Crippen LogP contribution in [0.1, 0.15) is 99.3 Å². The highest BCUT2D eigenvalue weighted by Gasteiger charge is 2.75. The van der Waals surface area contributed by atoms with Crippen molar-refractivity contribution in [3.63, 3.8) is 0 Å². The predicted octanol–water partition coefficient (Wildman–Crippen LogP) is 4.46. The second-order valence-corrected chi connectivity index (χ2v) is 15.2. The number of cyclic esters (lactones) is 1. The van der Waals surface area contributed by atoms with Crippen molar-refractivity contribution in [3.8, 4) is 0 Å². The second kappa shape index (κ2) is 7.54. The van der Waals surface area contributed by atoms with Gasteiger partial charge in [-0.2, -0.15) is 0 Å². The summed E-state index contributed by atoms with van der Waals surface area (Å²) in [5.41, 5.74) is -2.72. The zero-order valence-corrected chi connectivity index (χ0v) is 23.7. The fourth-order valence-electron chi connectivity index (χ4n) is 11.3. The molecule has 4 heterocycles. The first kappa shape index (κ1) is 25.7. The number of carbonyl (C=O) groups excluding carboxylic acids is 2. The van der Waals surface area contributed by atoms with Crippen LogP contribution in [0.3, 0.4) is 0 Å². The molecule has 3 aliphatic carbocycles. The average molecular weight is 533 g/mol. The molecule has 3 saturated carbocycles. The van der Waals surface area contributed by atoms with Crippen molar-refractivity contribution in [2.75, 3.05) is 0 Å². The summed E-state index contributed by atoms with van der Waals surface area (Å²) in [5.74, 6) is -0.798. The average Bonchev–Trinajstić information content (AvgIpc) is 3.11. The molecule has 0 amide bonds. The van der Waals surface area contributed by atoms with Gasteiger partial charge >= 0.3 is 11.9 Å². The SMILES string of the molecule is CC1C[C@]2(C[C@@H](C)C(=O)O2)O[C@@H]2CC3(C)[C@@H]4CCC5C(C)(C)OC(=O)C[C@H]6OO[C@]4(CC[C@]3(C)C12)CC56O. The molecular formula is C30H44O8. The van der Waals surface area contributed by atoms with E-state index in [4.69, 9.17) is 24.0 Å². The fourth-order valence-corrected chi connectivity index (χ4v) is 11.3. The predicted molar refractivity (Wildman–Crippen MR) is 134 cm³/mol. The molecule has 7 fully saturated rings. The Bertz CT molecular complexity index is 1070. The lowest BCUT2D eigenvalue weighted by atomic mass is 9.46. The molecule has 2 spiro atoms. The lowest BCUT2D eigenvalue weighted by molar-refractivity contribution is -0.464. The Morgan fingerprint density at radius 3 is 2.34 bits per heavy atom. The Morgan fingerprint density at radius 1 is 0.895 bits per heavy atom. The fraction of sp³-hybridized carbons (Fsp3) is 0.933. The van der Waals surface area contributed by atoms with E-state index in [1.165, 1.54) is 0 Å². The quantitative estimate of drug-likeness (QED) is 0.361. The maximum absolute atomic E-state index is 12.6. The highest BCUT2D eigenvalue weighted by molar-refractivity contribution is 5.74. The van der Waals surface area contributed by atoms with Gasteiger partial charge in [0.15, 0.2) is 0 Å². The molecule has 8 nitrogen and oxygen atoms in total. The highest BCUT2D eigenvalue weighted by Crippen LogP contribution is 2.74. The van der Waals surface area contributed by atoms with Gasteiger partial charge < -0.3 is 19.3 Å². The first-order valence-corrected chi connectivity index (χ1v) is 14.9. The topological polar surface area (TPSA) is 101 Å². The minimum atomic E-state index is -1.19. The Hall–Kier alpha value is -1.22. The number of esters is 2. The molecule has 8 heteroatoms. The lowest BCUT2D eigenvalue weighted by Gasteiger charge is -2.62. The molecule has 2 bridgehead atoms. The van der Waals surface area contributed by atoms with Crippen LogP contribution in [0.25, 0.3) is 0 Å². The normalized spacial score (nSPS) is 58.7. The first-order valence-electron chi connectivity index (χ1n) is 14.9. The molecule has 7 rings (SSSR count). The van der Waals surface area contributed by atoms with Crippen molar-refractivity contribution in [2.24, 2.45) is 40.4 Å². The zero-order valence-electron chi connectivity index (χ0n) is 23.7. The summed E-state index contributed by atoms with van der Waals surface area (Å²) in [6.07, 6.45) is 5.33. The third kappa shape index (κ3) is 3.07. The summed E-state index contributed by atoms with van der Waals surface area (Å²) < 4.78 is 18.6. The summed E-state index contributed by atoms with van der Waals surface area (Å²) in [7, 11) is 0. The molecular weight excluding hydrogens is 488 g/mol. The highest BCUT2D eigenvalue weighted by atomic mass is 17.2. The summed E-state index contributed by atoms with van der Waals surface area (Å²) >= 11 is 0. The van der Waals surface area contributed by atoms with Crippen molar-refractivity contribution in [1.82, 2.24) is 0 Å². The van der Waals surface area contributed by atoms with Crippen LogP contribution < -0.4 is 0 Å². The molecule has 4 aliphatic heterocycles. The molecule has 212 valence electrons. The van der Waals surface area contributed by atoms with Crippen LogP contribution in [0, 0.1) is 40.4 Å². The van der Waals surface area contributed by atoms with Crippen molar-refractivity contribution in [1.29, 1.82) is 0 Å². The van der Waals surface area contributed by atoms with Crippen LogP contribution in [-0.2, 0) is 33.6 Å². The van der Waals surface area contributed by atoms with E-state index in [1.807, 2.05) is 20.8 Å². The monoisotopic (exact) mass is 532 g/mol. The maximum Gasteiger partial charge on any atom is 0.311 e. The molecule has 5 unspecified atom stereocenters. The number of hydrogen-bond acceptors (Lipinski definition) is 8. The van der Waals surface area contributed by atoms with Gasteiger partial charge in [0, 0.05) is 25.2 Å². The molecule has 38 heavy (non-hydrogen) atoms. The van der Waals surface area contributed by atoms with Gasteiger partial charge in [0.05, 0.1) is 18.4 Å². The summed E-state index contributed by atoms with van der Waals surface area (Å²) in [5, 5.41) is 12.3. The standard InChI is InChI=1S/C30H44O8/c1-16-12-29(13-17(2)24(32)36-29)34-18-14-27(6)20-8-7-19-25(3,4)35-22(31)11-21-30(19,33)15-28(20,38-37-21)10-9-26(27,5)23(16)18/h16-21,23,33H,7-15H2,1-6H3/t16?,17-,18-,19?,20+,21-,23?,26-,27?,28-,29+,30?/m1/s1. The number of rotatable bonds is 0. The Labute approximate surface area is 225 Å². The zero-order chi connectivity index (χ0) is 27.1. The summed E-state index contributed by atoms with van der Waals surface area (Å²) in [6, 6.07) is 0. The number of carbonyl (C=O) groups is 2. The van der Waals surface area contributed by atoms with Crippen LogP contribution in [0.5, 0.6) is 0 Å². The summed E-state index contributed by atoms with van der Waals surface area (Å²) in [4.78, 5) is 37.4. The smallest absolute Gasteiger partial charge is 0.311 e. The van der Waals surface area contributed by atoms with Gasteiger partial charge in [0.2, 0.25) is 5.79 Å². The van der Waals surface area contributed by atoms with E-state index >= 15 is 0 Å². The Balaban J connectivity index is 1.27. The molecule has 0 aromatic rings. The number of hydrogen-bond donors (Lipinski definition) is 1. The molecule has 4 saturated heterocycles. The maximum atomic E-state index is 12.6. The second-order valence-electron chi connectivity index (χ2n) is 15.2. The molecule has 7 aliphatic rings. The van der Waals surface area contributed by atoms with Gasteiger partial charge in [-0.25, -0.2) is 9.78 Å². The number of ether oxygens (including phenoxy) is 3. The van der Waals surface area contributed by atoms with E-state index in [2.05, 4.69) is 20.8 Å². The Morgan fingerprint density at radius 2 is 1.63 bits per heavy atom. The van der Waals surface area contributed by atoms with Crippen molar-refractivity contribution in [3.05, 3.63) is 0 Å². The van der Waals surface area contributed by atoms with Gasteiger partial charge in [0.25, 0.3) is 0 Å². The van der Waals surface area contributed by atoms with Crippen LogP contribution in [-0.4, -0.2) is 51.8 Å². The molecule has 0 aromatic heterocycles. The van der Waals surface area contributed by atoms with Crippen molar-refractivity contribution >= 4 is 11.9 Å². The molecule has 0 aromatic carbocycles. The van der Waals surface area contributed by atoms with Gasteiger partial charge in [-0.05, 0) is 74.5 Å². The van der Waals surface area contributed by atoms with Crippen LogP contribution >= 0.6 is 0 Å². The Kier molecular flexibility index (Phi) is 5.10. The van der Waals surface area contributed by atoms with Crippen LogP contribution in [0.4, 0.5) is 0 Å². The molecule has 0 radical (unpaired) electrons. The van der Waals surface area contributed by atoms with E-state index in [0.29, 0.717) is 24.7 Å². The molecule has 12 atom stereocenters. The largest absolute Gasteiger partial charge is 0.459 e. The van der Waals surface area contributed by atoms with Gasteiger partial charge in [-0.15, -0.1) is 0 Å². The van der Waals surface area contributed by atoms with Crippen molar-refractivity contribution < 1.29 is 38.7 Å². The van der Waals surface area contributed by atoms with Crippen molar-refractivity contribution in [2.45, 2.75) is 134 Å². The third-order valence-electron chi connectivity index (χ3n) is 12.8. The van der Waals surface area contributed by atoms with Gasteiger partial charge in [-0.1, -0.05) is 27.7 Å². The van der Waals surface area contributed by atoms with E-state index in [0.717, 1.165) is 38.5 Å². The van der Waals surface area contributed by atoms with E-state index in [9.17, 15) is 14.7 Å².